The monoisotopic (exact) mass is 275 g/mol. The molecule has 19 heavy (non-hydrogen) atoms. The molecule has 98 valence electrons. The van der Waals surface area contributed by atoms with Gasteiger partial charge in [0.25, 0.3) is 5.91 Å². The molecule has 0 bridgehead atoms. The van der Waals surface area contributed by atoms with Gasteiger partial charge < -0.3 is 10.4 Å². The Morgan fingerprint density at radius 2 is 1.79 bits per heavy atom. The lowest BCUT2D eigenvalue weighted by atomic mass is 10.1. The number of aliphatic hydroxyl groups excluding tert-OH is 1. The van der Waals surface area contributed by atoms with Gasteiger partial charge in [0.15, 0.2) is 6.10 Å². The maximum absolute atomic E-state index is 12.0. The van der Waals surface area contributed by atoms with Crippen molar-refractivity contribution in [3.63, 3.8) is 0 Å². The summed E-state index contributed by atoms with van der Waals surface area (Å²) in [5.74, 6) is -0.461. The van der Waals surface area contributed by atoms with Crippen LogP contribution in [0, 0.1) is 6.92 Å². The number of aryl methyl sites for hydroxylation is 1. The molecule has 1 atom stereocenters. The highest BCUT2D eigenvalue weighted by atomic mass is 35.5. The number of rotatable bonds is 3. The molecule has 0 heterocycles. The second kappa shape index (κ2) is 5.87. The number of carbonyl (C=O) groups excluding carboxylic acids is 1. The van der Waals surface area contributed by atoms with E-state index in [2.05, 4.69) is 5.32 Å². The predicted molar refractivity (Wildman–Crippen MR) is 76.2 cm³/mol. The number of aliphatic hydroxyl groups is 1. The van der Waals surface area contributed by atoms with Crippen LogP contribution in [0.5, 0.6) is 0 Å². The molecule has 0 aliphatic heterocycles. The van der Waals surface area contributed by atoms with E-state index >= 15 is 0 Å². The minimum Gasteiger partial charge on any atom is -0.378 e. The standard InChI is InChI=1S/C15H14ClNO2/c1-10-4-2-3-5-13(10)17-15(19)14(18)11-6-8-12(16)9-7-11/h2-9,14,18H,1H3,(H,17,19). The molecular weight excluding hydrogens is 262 g/mol. The van der Waals surface area contributed by atoms with Gasteiger partial charge in [-0.05, 0) is 36.2 Å². The Bertz CT molecular complexity index is 581. The lowest BCUT2D eigenvalue weighted by Gasteiger charge is -2.13. The lowest BCUT2D eigenvalue weighted by Crippen LogP contribution is -2.21. The fourth-order valence-corrected chi connectivity index (χ4v) is 1.84. The highest BCUT2D eigenvalue weighted by Gasteiger charge is 2.17. The van der Waals surface area contributed by atoms with Crippen LogP contribution >= 0.6 is 11.6 Å². The Hall–Kier alpha value is -1.84. The summed E-state index contributed by atoms with van der Waals surface area (Å²) in [4.78, 5) is 12.0. The summed E-state index contributed by atoms with van der Waals surface area (Å²) < 4.78 is 0. The Labute approximate surface area is 116 Å². The van der Waals surface area contributed by atoms with E-state index in [1.54, 1.807) is 30.3 Å². The normalized spacial score (nSPS) is 11.9. The van der Waals surface area contributed by atoms with Crippen molar-refractivity contribution < 1.29 is 9.90 Å². The van der Waals surface area contributed by atoms with Gasteiger partial charge in [0.2, 0.25) is 0 Å². The van der Waals surface area contributed by atoms with Crippen molar-refractivity contribution in [1.82, 2.24) is 0 Å². The molecule has 0 saturated heterocycles. The minimum atomic E-state index is -1.21. The van der Waals surface area contributed by atoms with Gasteiger partial charge in [0.1, 0.15) is 0 Å². The maximum Gasteiger partial charge on any atom is 0.257 e. The van der Waals surface area contributed by atoms with E-state index in [4.69, 9.17) is 11.6 Å². The molecule has 3 nitrogen and oxygen atoms in total. The SMILES string of the molecule is Cc1ccccc1NC(=O)C(O)c1ccc(Cl)cc1. The quantitative estimate of drug-likeness (QED) is 0.903. The molecular formula is C15H14ClNO2. The van der Waals surface area contributed by atoms with Crippen LogP contribution in [0.4, 0.5) is 5.69 Å². The fourth-order valence-electron chi connectivity index (χ4n) is 1.71. The Balaban J connectivity index is 2.12. The van der Waals surface area contributed by atoms with Gasteiger partial charge in [-0.25, -0.2) is 0 Å². The summed E-state index contributed by atoms with van der Waals surface area (Å²) in [6, 6.07) is 13.9. The third kappa shape index (κ3) is 3.34. The van der Waals surface area contributed by atoms with Crippen LogP contribution in [0.2, 0.25) is 5.02 Å². The molecule has 0 radical (unpaired) electrons. The third-order valence-corrected chi connectivity index (χ3v) is 3.09. The zero-order chi connectivity index (χ0) is 13.8. The number of nitrogens with one attached hydrogen (secondary N) is 1. The average Bonchev–Trinajstić information content (AvgIpc) is 2.41. The molecule has 2 N–H and O–H groups in total. The van der Waals surface area contributed by atoms with Crippen molar-refractivity contribution in [2.45, 2.75) is 13.0 Å². The van der Waals surface area contributed by atoms with Crippen molar-refractivity contribution >= 4 is 23.2 Å². The van der Waals surface area contributed by atoms with Gasteiger partial charge in [0, 0.05) is 10.7 Å². The van der Waals surface area contributed by atoms with Gasteiger partial charge in [-0.15, -0.1) is 0 Å². The average molecular weight is 276 g/mol. The maximum atomic E-state index is 12.0. The van der Waals surface area contributed by atoms with E-state index in [-0.39, 0.29) is 0 Å². The number of hydrogen-bond donors (Lipinski definition) is 2. The van der Waals surface area contributed by atoms with Crippen molar-refractivity contribution in [1.29, 1.82) is 0 Å². The number of halogens is 1. The van der Waals surface area contributed by atoms with E-state index in [0.717, 1.165) is 5.56 Å². The van der Waals surface area contributed by atoms with E-state index in [0.29, 0.717) is 16.3 Å². The first kappa shape index (κ1) is 13.6. The molecule has 1 unspecified atom stereocenters. The summed E-state index contributed by atoms with van der Waals surface area (Å²) in [7, 11) is 0. The van der Waals surface area contributed by atoms with Crippen molar-refractivity contribution in [2.24, 2.45) is 0 Å². The number of anilines is 1. The first-order valence-corrected chi connectivity index (χ1v) is 6.26. The summed E-state index contributed by atoms with van der Waals surface area (Å²) in [6.07, 6.45) is -1.21. The number of carbonyl (C=O) groups is 1. The summed E-state index contributed by atoms with van der Waals surface area (Å²) in [5, 5.41) is 13.2. The molecule has 2 aromatic rings. The van der Waals surface area contributed by atoms with Crippen LogP contribution in [0.3, 0.4) is 0 Å². The van der Waals surface area contributed by atoms with Crippen LogP contribution in [-0.2, 0) is 4.79 Å². The van der Waals surface area contributed by atoms with Crippen LogP contribution in [0.25, 0.3) is 0 Å². The van der Waals surface area contributed by atoms with Gasteiger partial charge >= 0.3 is 0 Å². The fraction of sp³-hybridized carbons (Fsp3) is 0.133. The molecule has 4 heteroatoms. The van der Waals surface area contributed by atoms with Gasteiger partial charge in [-0.2, -0.15) is 0 Å². The number of amides is 1. The van der Waals surface area contributed by atoms with E-state index in [1.807, 2.05) is 25.1 Å². The first-order chi connectivity index (χ1) is 9.08. The number of benzene rings is 2. The highest BCUT2D eigenvalue weighted by Crippen LogP contribution is 2.19. The second-order valence-corrected chi connectivity index (χ2v) is 4.69. The van der Waals surface area contributed by atoms with Crippen molar-refractivity contribution in [3.8, 4) is 0 Å². The summed E-state index contributed by atoms with van der Waals surface area (Å²) >= 11 is 5.76. The van der Waals surface area contributed by atoms with Crippen LogP contribution in [0.15, 0.2) is 48.5 Å². The highest BCUT2D eigenvalue weighted by molar-refractivity contribution is 6.30. The summed E-state index contributed by atoms with van der Waals surface area (Å²) in [6.45, 7) is 1.89. The molecule has 0 fully saturated rings. The Morgan fingerprint density at radius 1 is 1.16 bits per heavy atom. The largest absolute Gasteiger partial charge is 0.378 e. The molecule has 2 aromatic carbocycles. The molecule has 1 amide bonds. The van der Waals surface area contributed by atoms with E-state index in [9.17, 15) is 9.90 Å². The van der Waals surface area contributed by atoms with Crippen LogP contribution in [-0.4, -0.2) is 11.0 Å². The predicted octanol–water partition coefficient (Wildman–Crippen LogP) is 3.32. The zero-order valence-corrected chi connectivity index (χ0v) is 11.2. The number of hydrogen-bond acceptors (Lipinski definition) is 2. The Kier molecular flexibility index (Phi) is 4.20. The van der Waals surface area contributed by atoms with E-state index in [1.165, 1.54) is 0 Å². The second-order valence-electron chi connectivity index (χ2n) is 4.26. The third-order valence-electron chi connectivity index (χ3n) is 2.84. The van der Waals surface area contributed by atoms with E-state index < -0.39 is 12.0 Å². The molecule has 0 saturated carbocycles. The zero-order valence-electron chi connectivity index (χ0n) is 10.4. The van der Waals surface area contributed by atoms with Crippen molar-refractivity contribution in [2.75, 3.05) is 5.32 Å². The topological polar surface area (TPSA) is 49.3 Å². The molecule has 0 aliphatic rings. The lowest BCUT2D eigenvalue weighted by molar-refractivity contribution is -0.124. The van der Waals surface area contributed by atoms with Crippen molar-refractivity contribution in [3.05, 3.63) is 64.7 Å². The van der Waals surface area contributed by atoms with Gasteiger partial charge in [-0.3, -0.25) is 4.79 Å². The molecule has 2 rings (SSSR count). The van der Waals surface area contributed by atoms with Gasteiger partial charge in [-0.1, -0.05) is 41.9 Å². The van der Waals surface area contributed by atoms with Gasteiger partial charge in [0.05, 0.1) is 0 Å². The summed E-state index contributed by atoms with van der Waals surface area (Å²) in [5.41, 5.74) is 2.15. The molecule has 0 aromatic heterocycles. The van der Waals surface area contributed by atoms with Crippen LogP contribution < -0.4 is 5.32 Å². The first-order valence-electron chi connectivity index (χ1n) is 5.88. The minimum absolute atomic E-state index is 0.461. The van der Waals surface area contributed by atoms with Crippen LogP contribution in [0.1, 0.15) is 17.2 Å². The number of para-hydroxylation sites is 1. The smallest absolute Gasteiger partial charge is 0.257 e. The Morgan fingerprint density at radius 3 is 2.42 bits per heavy atom. The molecule has 0 aliphatic carbocycles. The molecule has 0 spiro atoms.